The number of benzene rings is 1. The Morgan fingerprint density at radius 1 is 1.11 bits per heavy atom. The van der Waals surface area contributed by atoms with Crippen molar-refractivity contribution in [1.29, 1.82) is 0 Å². The van der Waals surface area contributed by atoms with E-state index in [4.69, 9.17) is 0 Å². The molecule has 96 valence electrons. The maximum atomic E-state index is 9.34. The Hall–Kier alpha value is -2.13. The Labute approximate surface area is 112 Å². The summed E-state index contributed by atoms with van der Waals surface area (Å²) in [6, 6.07) is 12.2. The molecule has 0 saturated carbocycles. The van der Waals surface area contributed by atoms with Crippen molar-refractivity contribution in [1.82, 2.24) is 9.55 Å². The topological polar surface area (TPSA) is 38.0 Å². The van der Waals surface area contributed by atoms with Crippen LogP contribution < -0.4 is 0 Å². The summed E-state index contributed by atoms with van der Waals surface area (Å²) in [6.07, 6.45) is 6.74. The van der Waals surface area contributed by atoms with Crippen molar-refractivity contribution in [2.75, 3.05) is 0 Å². The fraction of sp³-hybridized carbons (Fsp3) is 0.188. The molecule has 3 rings (SSSR count). The van der Waals surface area contributed by atoms with Gasteiger partial charge in [0.25, 0.3) is 0 Å². The molecular formula is C16H16N2O. The van der Waals surface area contributed by atoms with E-state index in [-0.39, 0.29) is 6.61 Å². The Morgan fingerprint density at radius 2 is 2.05 bits per heavy atom. The number of aryl methyl sites for hydroxylation is 2. The summed E-state index contributed by atoms with van der Waals surface area (Å²) in [6.45, 7) is 1.01. The summed E-state index contributed by atoms with van der Waals surface area (Å²) in [4.78, 5) is 4.13. The third-order valence-corrected chi connectivity index (χ3v) is 3.44. The third kappa shape index (κ3) is 2.37. The Bertz CT molecular complexity index is 674. The molecule has 2 heterocycles. The van der Waals surface area contributed by atoms with Gasteiger partial charge in [0.1, 0.15) is 0 Å². The second-order valence-electron chi connectivity index (χ2n) is 4.63. The second-order valence-corrected chi connectivity index (χ2v) is 4.63. The lowest BCUT2D eigenvalue weighted by atomic mass is 10.1. The molecule has 0 bridgehead atoms. The van der Waals surface area contributed by atoms with Gasteiger partial charge in [-0.1, -0.05) is 18.2 Å². The molecule has 0 unspecified atom stereocenters. The van der Waals surface area contributed by atoms with Crippen LogP contribution in [-0.4, -0.2) is 14.7 Å². The van der Waals surface area contributed by atoms with Crippen LogP contribution in [0.4, 0.5) is 0 Å². The second kappa shape index (κ2) is 5.24. The molecule has 2 aromatic heterocycles. The Kier molecular flexibility index (Phi) is 3.29. The highest BCUT2D eigenvalue weighted by Gasteiger charge is 2.04. The summed E-state index contributed by atoms with van der Waals surface area (Å²) < 4.78 is 2.22. The zero-order valence-corrected chi connectivity index (χ0v) is 10.7. The monoisotopic (exact) mass is 252 g/mol. The van der Waals surface area contributed by atoms with Crippen molar-refractivity contribution >= 4 is 10.9 Å². The number of fused-ring (bicyclic) bond motifs is 1. The van der Waals surface area contributed by atoms with Gasteiger partial charge in [-0.15, -0.1) is 0 Å². The largest absolute Gasteiger partial charge is 0.392 e. The zero-order chi connectivity index (χ0) is 13.1. The molecule has 0 aliphatic carbocycles. The first-order valence-electron chi connectivity index (χ1n) is 6.45. The number of aliphatic hydroxyl groups is 1. The average Bonchev–Trinajstić information content (AvgIpc) is 2.89. The van der Waals surface area contributed by atoms with Crippen LogP contribution in [-0.2, 0) is 19.6 Å². The minimum absolute atomic E-state index is 0.0873. The van der Waals surface area contributed by atoms with Crippen molar-refractivity contribution in [3.05, 3.63) is 66.1 Å². The van der Waals surface area contributed by atoms with Gasteiger partial charge in [0.05, 0.1) is 6.61 Å². The molecular weight excluding hydrogens is 236 g/mol. The SMILES string of the molecule is OCc1cccc2c1ccn2CCc1cccnc1. The molecule has 0 aliphatic rings. The average molecular weight is 252 g/mol. The fourth-order valence-electron chi connectivity index (χ4n) is 2.42. The van der Waals surface area contributed by atoms with E-state index in [2.05, 4.69) is 33.9 Å². The smallest absolute Gasteiger partial charge is 0.0688 e. The van der Waals surface area contributed by atoms with Crippen LogP contribution in [0.25, 0.3) is 10.9 Å². The van der Waals surface area contributed by atoms with Gasteiger partial charge in [-0.2, -0.15) is 0 Å². The standard InChI is InChI=1S/C16H16N2O/c19-12-14-4-1-5-16-15(14)7-10-18(16)9-6-13-3-2-8-17-11-13/h1-5,7-8,10-11,19H,6,9,12H2. The van der Waals surface area contributed by atoms with E-state index in [1.165, 1.54) is 11.1 Å². The number of aliphatic hydroxyl groups excluding tert-OH is 1. The van der Waals surface area contributed by atoms with Crippen molar-refractivity contribution in [3.8, 4) is 0 Å². The minimum Gasteiger partial charge on any atom is -0.392 e. The highest BCUT2D eigenvalue weighted by molar-refractivity contribution is 5.83. The van der Waals surface area contributed by atoms with Crippen molar-refractivity contribution in [3.63, 3.8) is 0 Å². The first-order chi connectivity index (χ1) is 9.38. The van der Waals surface area contributed by atoms with Gasteiger partial charge in [0.2, 0.25) is 0 Å². The predicted octanol–water partition coefficient (Wildman–Crippen LogP) is 2.77. The molecule has 3 aromatic rings. The number of hydrogen-bond donors (Lipinski definition) is 1. The summed E-state index contributed by atoms with van der Waals surface area (Å²) in [7, 11) is 0. The Morgan fingerprint density at radius 3 is 2.84 bits per heavy atom. The van der Waals surface area contributed by atoms with Gasteiger partial charge in [-0.05, 0) is 35.7 Å². The lowest BCUT2D eigenvalue weighted by Gasteiger charge is -2.06. The van der Waals surface area contributed by atoms with Crippen LogP contribution in [0, 0.1) is 0 Å². The number of rotatable bonds is 4. The molecule has 0 spiro atoms. The van der Waals surface area contributed by atoms with E-state index in [0.29, 0.717) is 0 Å². The summed E-state index contributed by atoms with van der Waals surface area (Å²) >= 11 is 0. The van der Waals surface area contributed by atoms with Crippen LogP contribution in [0.3, 0.4) is 0 Å². The lowest BCUT2D eigenvalue weighted by molar-refractivity contribution is 0.283. The molecule has 1 N–H and O–H groups in total. The van der Waals surface area contributed by atoms with E-state index in [0.717, 1.165) is 23.9 Å². The van der Waals surface area contributed by atoms with Crippen LogP contribution >= 0.6 is 0 Å². The van der Waals surface area contributed by atoms with Crippen LogP contribution in [0.5, 0.6) is 0 Å². The van der Waals surface area contributed by atoms with E-state index < -0.39 is 0 Å². The molecule has 19 heavy (non-hydrogen) atoms. The van der Waals surface area contributed by atoms with E-state index >= 15 is 0 Å². The van der Waals surface area contributed by atoms with E-state index in [1.807, 2.05) is 24.4 Å². The van der Waals surface area contributed by atoms with Gasteiger partial charge < -0.3 is 9.67 Å². The van der Waals surface area contributed by atoms with Crippen LogP contribution in [0.2, 0.25) is 0 Å². The fourth-order valence-corrected chi connectivity index (χ4v) is 2.42. The van der Waals surface area contributed by atoms with E-state index in [1.54, 1.807) is 6.20 Å². The molecule has 0 fully saturated rings. The van der Waals surface area contributed by atoms with Gasteiger partial charge in [-0.3, -0.25) is 4.98 Å². The Balaban J connectivity index is 1.86. The third-order valence-electron chi connectivity index (χ3n) is 3.44. The summed E-state index contributed by atoms with van der Waals surface area (Å²) in [5.41, 5.74) is 3.40. The highest BCUT2D eigenvalue weighted by atomic mass is 16.3. The van der Waals surface area contributed by atoms with Crippen LogP contribution in [0.1, 0.15) is 11.1 Å². The molecule has 0 aliphatic heterocycles. The van der Waals surface area contributed by atoms with Gasteiger partial charge in [0.15, 0.2) is 0 Å². The quantitative estimate of drug-likeness (QED) is 0.775. The number of pyridine rings is 1. The highest BCUT2D eigenvalue weighted by Crippen LogP contribution is 2.20. The molecule has 0 radical (unpaired) electrons. The number of nitrogens with zero attached hydrogens (tertiary/aromatic N) is 2. The van der Waals surface area contributed by atoms with Crippen molar-refractivity contribution in [2.45, 2.75) is 19.6 Å². The molecule has 0 saturated heterocycles. The molecule has 3 heteroatoms. The number of hydrogen-bond acceptors (Lipinski definition) is 2. The van der Waals surface area contributed by atoms with Gasteiger partial charge in [0, 0.05) is 36.0 Å². The lowest BCUT2D eigenvalue weighted by Crippen LogP contribution is -2.00. The number of aromatic nitrogens is 2. The molecule has 0 amide bonds. The molecule has 0 atom stereocenters. The van der Waals surface area contributed by atoms with Gasteiger partial charge >= 0.3 is 0 Å². The first-order valence-corrected chi connectivity index (χ1v) is 6.45. The van der Waals surface area contributed by atoms with Crippen molar-refractivity contribution < 1.29 is 5.11 Å². The minimum atomic E-state index is 0.0873. The first kappa shape index (κ1) is 11.9. The predicted molar refractivity (Wildman–Crippen MR) is 75.8 cm³/mol. The van der Waals surface area contributed by atoms with E-state index in [9.17, 15) is 5.11 Å². The summed E-state index contributed by atoms with van der Waals surface area (Å²) in [5, 5.41) is 10.5. The van der Waals surface area contributed by atoms with Crippen LogP contribution in [0.15, 0.2) is 55.0 Å². The maximum Gasteiger partial charge on any atom is 0.0688 e. The molecule has 3 nitrogen and oxygen atoms in total. The summed E-state index contributed by atoms with van der Waals surface area (Å²) in [5.74, 6) is 0. The maximum absolute atomic E-state index is 9.34. The normalized spacial score (nSPS) is 11.0. The zero-order valence-electron chi connectivity index (χ0n) is 10.7. The molecule has 1 aromatic carbocycles. The van der Waals surface area contributed by atoms with Gasteiger partial charge in [-0.25, -0.2) is 0 Å². The van der Waals surface area contributed by atoms with Crippen molar-refractivity contribution in [2.24, 2.45) is 0 Å².